The first-order valence-corrected chi connectivity index (χ1v) is 13.5. The van der Waals surface area contributed by atoms with Gasteiger partial charge < -0.3 is 14.4 Å². The van der Waals surface area contributed by atoms with Crippen LogP contribution in [-0.4, -0.2) is 46.9 Å². The lowest BCUT2D eigenvalue weighted by Crippen LogP contribution is -2.42. The minimum Gasteiger partial charge on any atom is -0.491 e. The number of likely N-dealkylation sites (tertiary alicyclic amines) is 1. The van der Waals surface area contributed by atoms with Crippen molar-refractivity contribution in [3.8, 4) is 28.6 Å². The first-order valence-electron chi connectivity index (χ1n) is 13.5. The van der Waals surface area contributed by atoms with Crippen molar-refractivity contribution in [3.63, 3.8) is 0 Å². The zero-order valence-electron chi connectivity index (χ0n) is 22.6. The molecular formula is C31H32F3N3O3. The summed E-state index contributed by atoms with van der Waals surface area (Å²) in [4.78, 5) is 21.1. The number of aromatic nitrogens is 2. The highest BCUT2D eigenvalue weighted by molar-refractivity contribution is 5.81. The molecule has 1 atom stereocenters. The Morgan fingerprint density at radius 2 is 1.75 bits per heavy atom. The van der Waals surface area contributed by atoms with Gasteiger partial charge in [0.25, 0.3) is 5.56 Å². The smallest absolute Gasteiger partial charge is 0.261 e. The van der Waals surface area contributed by atoms with Crippen molar-refractivity contribution in [2.24, 2.45) is 5.92 Å². The Balaban J connectivity index is 1.57. The van der Waals surface area contributed by atoms with Crippen LogP contribution in [0.5, 0.6) is 17.2 Å². The first-order chi connectivity index (χ1) is 19.3. The molecule has 0 radical (unpaired) electrons. The van der Waals surface area contributed by atoms with Gasteiger partial charge in [-0.05, 0) is 93.7 Å². The number of rotatable bonds is 9. The van der Waals surface area contributed by atoms with Crippen LogP contribution in [0.4, 0.5) is 13.2 Å². The van der Waals surface area contributed by atoms with Crippen LogP contribution in [0.25, 0.3) is 22.3 Å². The predicted octanol–water partition coefficient (Wildman–Crippen LogP) is 6.60. The average Bonchev–Trinajstić information content (AvgIpc) is 2.95. The Kier molecular flexibility index (Phi) is 8.40. The molecule has 210 valence electrons. The predicted molar refractivity (Wildman–Crippen MR) is 149 cm³/mol. The molecule has 5 rings (SSSR count). The lowest BCUT2D eigenvalue weighted by Gasteiger charge is -2.35. The van der Waals surface area contributed by atoms with Crippen molar-refractivity contribution < 1.29 is 22.6 Å². The fourth-order valence-corrected chi connectivity index (χ4v) is 5.17. The molecule has 1 saturated heterocycles. The van der Waals surface area contributed by atoms with Crippen molar-refractivity contribution in [1.82, 2.24) is 14.5 Å². The number of hydrogen-bond donors (Lipinski definition) is 0. The standard InChI is InChI=1S/C31H32F3N3O3/c1-20(2)36-14-3-4-21(18-36)19-37-30(26-11-9-24(17-28(26)34)39-15-13-32)35-29-12-10-25(16-27(29)31(37)38)40-23-7-5-22(33)6-8-23/h5-12,16-17,20-21H,3-4,13-15,18-19H2,1-2H3. The van der Waals surface area contributed by atoms with Crippen molar-refractivity contribution in [2.75, 3.05) is 26.4 Å². The fourth-order valence-electron chi connectivity index (χ4n) is 5.17. The molecule has 1 unspecified atom stereocenters. The number of alkyl halides is 1. The quantitative estimate of drug-likeness (QED) is 0.235. The van der Waals surface area contributed by atoms with Crippen molar-refractivity contribution in [2.45, 2.75) is 39.3 Å². The molecule has 0 N–H and O–H groups in total. The fraction of sp³-hybridized carbons (Fsp3) is 0.355. The number of fused-ring (bicyclic) bond motifs is 1. The second kappa shape index (κ2) is 12.1. The molecule has 9 heteroatoms. The minimum absolute atomic E-state index is 0.162. The van der Waals surface area contributed by atoms with E-state index in [4.69, 9.17) is 14.5 Å². The maximum absolute atomic E-state index is 15.4. The SMILES string of the molecule is CC(C)N1CCCC(Cn2c(-c3ccc(OCCF)cc3F)nc3ccc(Oc4ccc(F)cc4)cc3c2=O)C1. The van der Waals surface area contributed by atoms with E-state index >= 15 is 4.39 Å². The largest absolute Gasteiger partial charge is 0.491 e. The van der Waals surface area contributed by atoms with Gasteiger partial charge in [0.15, 0.2) is 0 Å². The average molecular weight is 552 g/mol. The molecule has 0 spiro atoms. The Morgan fingerprint density at radius 1 is 1.00 bits per heavy atom. The third-order valence-corrected chi connectivity index (χ3v) is 7.22. The number of benzene rings is 3. The van der Waals surface area contributed by atoms with E-state index in [1.807, 2.05) is 0 Å². The number of piperidine rings is 1. The van der Waals surface area contributed by atoms with Gasteiger partial charge in [0, 0.05) is 25.2 Å². The van der Waals surface area contributed by atoms with Crippen LogP contribution in [-0.2, 0) is 6.54 Å². The normalized spacial score (nSPS) is 16.0. The monoisotopic (exact) mass is 551 g/mol. The van der Waals surface area contributed by atoms with E-state index in [9.17, 15) is 13.6 Å². The topological polar surface area (TPSA) is 56.6 Å². The Morgan fingerprint density at radius 3 is 2.48 bits per heavy atom. The lowest BCUT2D eigenvalue weighted by molar-refractivity contribution is 0.130. The third-order valence-electron chi connectivity index (χ3n) is 7.22. The van der Waals surface area contributed by atoms with Gasteiger partial charge in [-0.3, -0.25) is 9.36 Å². The Hall–Kier alpha value is -3.85. The number of hydrogen-bond acceptors (Lipinski definition) is 5. The van der Waals surface area contributed by atoms with E-state index in [0.29, 0.717) is 35.0 Å². The van der Waals surface area contributed by atoms with Crippen molar-refractivity contribution >= 4 is 10.9 Å². The lowest BCUT2D eigenvalue weighted by atomic mass is 9.96. The molecular weight excluding hydrogens is 519 g/mol. The molecule has 0 aliphatic carbocycles. The van der Waals surface area contributed by atoms with Crippen LogP contribution in [0.1, 0.15) is 26.7 Å². The van der Waals surface area contributed by atoms with Crippen LogP contribution in [0, 0.1) is 17.6 Å². The summed E-state index contributed by atoms with van der Waals surface area (Å²) in [6.07, 6.45) is 1.96. The van der Waals surface area contributed by atoms with Crippen molar-refractivity contribution in [1.29, 1.82) is 0 Å². The number of nitrogens with zero attached hydrogens (tertiary/aromatic N) is 3. The van der Waals surface area contributed by atoms with Crippen molar-refractivity contribution in [3.05, 3.63) is 82.7 Å². The van der Waals surface area contributed by atoms with Crippen LogP contribution >= 0.6 is 0 Å². The summed E-state index contributed by atoms with van der Waals surface area (Å²) in [7, 11) is 0. The molecule has 0 saturated carbocycles. The summed E-state index contributed by atoms with van der Waals surface area (Å²) in [5, 5.41) is 0.336. The molecule has 1 aromatic heterocycles. The van der Waals surface area contributed by atoms with Gasteiger partial charge in [-0.15, -0.1) is 0 Å². The second-order valence-corrected chi connectivity index (χ2v) is 10.4. The van der Waals surface area contributed by atoms with E-state index in [1.54, 1.807) is 28.8 Å². The van der Waals surface area contributed by atoms with Gasteiger partial charge in [0.05, 0.1) is 16.5 Å². The van der Waals surface area contributed by atoms with Gasteiger partial charge in [0.1, 0.15) is 48.0 Å². The minimum atomic E-state index is -0.684. The molecule has 1 fully saturated rings. The van der Waals surface area contributed by atoms with Gasteiger partial charge in [0.2, 0.25) is 0 Å². The maximum Gasteiger partial charge on any atom is 0.261 e. The zero-order chi connectivity index (χ0) is 28.2. The molecule has 3 aromatic carbocycles. The summed E-state index contributed by atoms with van der Waals surface area (Å²) in [6, 6.07) is 15.2. The number of ether oxygens (including phenoxy) is 2. The number of halogens is 3. The highest BCUT2D eigenvalue weighted by Gasteiger charge is 2.25. The van der Waals surface area contributed by atoms with E-state index in [1.165, 1.54) is 36.4 Å². The van der Waals surface area contributed by atoms with Gasteiger partial charge in [-0.25, -0.2) is 18.2 Å². The zero-order valence-corrected chi connectivity index (χ0v) is 22.6. The molecule has 4 aromatic rings. The summed E-state index contributed by atoms with van der Waals surface area (Å²) >= 11 is 0. The van der Waals surface area contributed by atoms with Crippen LogP contribution < -0.4 is 15.0 Å². The highest BCUT2D eigenvalue weighted by atomic mass is 19.1. The van der Waals surface area contributed by atoms with Crippen LogP contribution in [0.2, 0.25) is 0 Å². The van der Waals surface area contributed by atoms with E-state index < -0.39 is 12.5 Å². The molecule has 2 heterocycles. The molecule has 0 amide bonds. The molecule has 0 bridgehead atoms. The van der Waals surface area contributed by atoms with Crippen LogP contribution in [0.3, 0.4) is 0 Å². The molecule has 6 nitrogen and oxygen atoms in total. The van der Waals surface area contributed by atoms with Crippen LogP contribution in [0.15, 0.2) is 65.5 Å². The molecule has 1 aliphatic heterocycles. The first kappa shape index (κ1) is 27.7. The summed E-state index contributed by atoms with van der Waals surface area (Å²) in [6.45, 7) is 5.66. The second-order valence-electron chi connectivity index (χ2n) is 10.4. The maximum atomic E-state index is 15.4. The summed E-state index contributed by atoms with van der Waals surface area (Å²) in [5.74, 6) is 0.455. The molecule has 1 aliphatic rings. The van der Waals surface area contributed by atoms with Gasteiger partial charge >= 0.3 is 0 Å². The van der Waals surface area contributed by atoms with E-state index in [-0.39, 0.29) is 41.0 Å². The highest BCUT2D eigenvalue weighted by Crippen LogP contribution is 2.30. The van der Waals surface area contributed by atoms with Gasteiger partial charge in [-0.1, -0.05) is 0 Å². The third kappa shape index (κ3) is 6.14. The summed E-state index contributed by atoms with van der Waals surface area (Å²) < 4.78 is 53.9. The Labute approximate surface area is 231 Å². The van der Waals surface area contributed by atoms with E-state index in [2.05, 4.69) is 18.7 Å². The van der Waals surface area contributed by atoms with E-state index in [0.717, 1.165) is 25.9 Å². The summed E-state index contributed by atoms with van der Waals surface area (Å²) in [5.41, 5.74) is 0.255. The van der Waals surface area contributed by atoms with Gasteiger partial charge in [-0.2, -0.15) is 0 Å². The Bertz CT molecular complexity index is 1540. The molecule has 40 heavy (non-hydrogen) atoms.